The van der Waals surface area contributed by atoms with Crippen LogP contribution in [0.25, 0.3) is 10.2 Å². The number of ether oxygens (including phenoxy) is 1. The van der Waals surface area contributed by atoms with Gasteiger partial charge < -0.3 is 10.5 Å². The second-order valence-electron chi connectivity index (χ2n) is 4.64. The van der Waals surface area contributed by atoms with Crippen molar-refractivity contribution in [2.75, 3.05) is 12.8 Å². The lowest BCUT2D eigenvalue weighted by molar-refractivity contribution is 0.0607. The van der Waals surface area contributed by atoms with Gasteiger partial charge in [0.1, 0.15) is 16.2 Å². The number of halogens is 1. The van der Waals surface area contributed by atoms with Crippen LogP contribution in [0.5, 0.6) is 0 Å². The molecule has 0 aliphatic rings. The van der Waals surface area contributed by atoms with Crippen molar-refractivity contribution in [2.24, 2.45) is 0 Å². The van der Waals surface area contributed by atoms with E-state index in [0.29, 0.717) is 27.2 Å². The minimum absolute atomic E-state index is 0.297. The van der Waals surface area contributed by atoms with Crippen molar-refractivity contribution >= 4 is 33.2 Å². The van der Waals surface area contributed by atoms with E-state index in [4.69, 9.17) is 5.73 Å². The maximum atomic E-state index is 13.5. The molecule has 0 amide bonds. The number of pyridine rings is 1. The van der Waals surface area contributed by atoms with Crippen molar-refractivity contribution in [1.82, 2.24) is 4.98 Å². The summed E-state index contributed by atoms with van der Waals surface area (Å²) in [6, 6.07) is 8.05. The lowest BCUT2D eigenvalue weighted by Crippen LogP contribution is -2.01. The Bertz CT molecular complexity index is 970. The highest BCUT2D eigenvalue weighted by Gasteiger charge is 2.17. The summed E-state index contributed by atoms with van der Waals surface area (Å²) in [5.41, 5.74) is 7.67. The second kappa shape index (κ2) is 6.07. The van der Waals surface area contributed by atoms with Crippen LogP contribution in [0.4, 0.5) is 10.1 Å². The Morgan fingerprint density at radius 2 is 2.13 bits per heavy atom. The number of nitrogens with zero attached hydrogens (tertiary/aromatic N) is 1. The molecule has 4 nitrogen and oxygen atoms in total. The highest BCUT2D eigenvalue weighted by Crippen LogP contribution is 2.32. The Morgan fingerprint density at radius 3 is 2.87 bits per heavy atom. The number of rotatable bonds is 1. The van der Waals surface area contributed by atoms with E-state index in [1.54, 1.807) is 30.5 Å². The van der Waals surface area contributed by atoms with Crippen molar-refractivity contribution in [3.8, 4) is 11.8 Å². The quantitative estimate of drug-likeness (QED) is 0.551. The monoisotopic (exact) mass is 326 g/mol. The molecule has 3 rings (SSSR count). The summed E-state index contributed by atoms with van der Waals surface area (Å²) in [5, 5.41) is 0. The Hall–Kier alpha value is -2.91. The third-order valence-electron chi connectivity index (χ3n) is 3.15. The fourth-order valence-corrected chi connectivity index (χ4v) is 3.05. The van der Waals surface area contributed by atoms with Gasteiger partial charge in [0.2, 0.25) is 0 Å². The lowest BCUT2D eigenvalue weighted by atomic mass is 10.2. The molecule has 23 heavy (non-hydrogen) atoms. The SMILES string of the molecule is COC(=O)c1sc2cc(C#Cc3ccccc3F)cnc2c1N. The van der Waals surface area contributed by atoms with Crippen molar-refractivity contribution in [2.45, 2.75) is 0 Å². The van der Waals surface area contributed by atoms with Crippen molar-refractivity contribution in [3.05, 3.63) is 58.3 Å². The average molecular weight is 326 g/mol. The fraction of sp³-hybridized carbons (Fsp3) is 0.0588. The number of carbonyl (C=O) groups is 1. The van der Waals surface area contributed by atoms with Gasteiger partial charge in [-0.25, -0.2) is 9.18 Å². The molecular weight excluding hydrogens is 315 g/mol. The van der Waals surface area contributed by atoms with E-state index < -0.39 is 5.97 Å². The molecule has 1 aromatic carbocycles. The molecule has 6 heteroatoms. The Morgan fingerprint density at radius 1 is 1.35 bits per heavy atom. The number of benzene rings is 1. The minimum Gasteiger partial charge on any atom is -0.465 e. The van der Waals surface area contributed by atoms with Gasteiger partial charge in [-0.2, -0.15) is 0 Å². The summed E-state index contributed by atoms with van der Waals surface area (Å²) in [7, 11) is 1.30. The average Bonchev–Trinajstić information content (AvgIpc) is 2.90. The third-order valence-corrected chi connectivity index (χ3v) is 4.27. The third kappa shape index (κ3) is 2.87. The van der Waals surface area contributed by atoms with Crippen LogP contribution in [0.2, 0.25) is 0 Å². The van der Waals surface area contributed by atoms with Gasteiger partial charge in [0.05, 0.1) is 23.1 Å². The topological polar surface area (TPSA) is 65.2 Å². The minimum atomic E-state index is -0.496. The summed E-state index contributed by atoms with van der Waals surface area (Å²) in [6.07, 6.45) is 1.54. The summed E-state index contributed by atoms with van der Waals surface area (Å²) in [6.45, 7) is 0. The molecule has 2 aromatic heterocycles. The molecule has 0 bridgehead atoms. The Labute approximate surface area is 135 Å². The molecule has 0 fully saturated rings. The van der Waals surface area contributed by atoms with Gasteiger partial charge in [-0.3, -0.25) is 4.98 Å². The highest BCUT2D eigenvalue weighted by atomic mass is 32.1. The van der Waals surface area contributed by atoms with E-state index in [-0.39, 0.29) is 5.82 Å². The van der Waals surface area contributed by atoms with Crippen molar-refractivity contribution in [1.29, 1.82) is 0 Å². The summed E-state index contributed by atoms with van der Waals surface area (Å²) >= 11 is 1.19. The maximum absolute atomic E-state index is 13.5. The molecule has 0 spiro atoms. The van der Waals surface area contributed by atoms with Crippen LogP contribution in [0, 0.1) is 17.7 Å². The number of aromatic nitrogens is 1. The van der Waals surface area contributed by atoms with Crippen LogP contribution in [0.15, 0.2) is 36.5 Å². The van der Waals surface area contributed by atoms with Gasteiger partial charge in [-0.15, -0.1) is 11.3 Å². The molecule has 2 N–H and O–H groups in total. The smallest absolute Gasteiger partial charge is 0.350 e. The van der Waals surface area contributed by atoms with E-state index in [2.05, 4.69) is 21.6 Å². The van der Waals surface area contributed by atoms with Crippen molar-refractivity contribution in [3.63, 3.8) is 0 Å². The molecule has 0 aliphatic carbocycles. The summed E-state index contributed by atoms with van der Waals surface area (Å²) < 4.78 is 19.0. The molecule has 3 aromatic rings. The first-order valence-electron chi connectivity index (χ1n) is 6.63. The van der Waals surface area contributed by atoms with Crippen molar-refractivity contribution < 1.29 is 13.9 Å². The van der Waals surface area contributed by atoms with Crippen LogP contribution in [0.1, 0.15) is 20.8 Å². The largest absolute Gasteiger partial charge is 0.465 e. The van der Waals surface area contributed by atoms with Crippen LogP contribution in [-0.4, -0.2) is 18.1 Å². The predicted molar refractivity (Wildman–Crippen MR) is 87.8 cm³/mol. The number of carbonyl (C=O) groups excluding carboxylic acids is 1. The standard InChI is InChI=1S/C17H11FN2O2S/c1-22-17(21)16-14(19)15-13(23-16)8-10(9-20-15)6-7-11-4-2-3-5-12(11)18/h2-5,8-9H,19H2,1H3. The molecule has 0 aliphatic heterocycles. The molecule has 0 unspecified atom stereocenters. The van der Waals surface area contributed by atoms with Gasteiger partial charge in [0.25, 0.3) is 0 Å². The fourth-order valence-electron chi connectivity index (χ4n) is 2.01. The zero-order chi connectivity index (χ0) is 16.4. The first-order chi connectivity index (χ1) is 11.1. The van der Waals surface area contributed by atoms with E-state index in [0.717, 1.165) is 4.70 Å². The summed E-state index contributed by atoms with van der Waals surface area (Å²) in [5.74, 6) is 4.76. The maximum Gasteiger partial charge on any atom is 0.350 e. The van der Waals surface area contributed by atoms with Crippen LogP contribution < -0.4 is 5.73 Å². The first-order valence-corrected chi connectivity index (χ1v) is 7.44. The van der Waals surface area contributed by atoms with Gasteiger partial charge in [-0.1, -0.05) is 24.0 Å². The van der Waals surface area contributed by atoms with E-state index >= 15 is 0 Å². The van der Waals surface area contributed by atoms with Gasteiger partial charge in [0, 0.05) is 11.8 Å². The zero-order valence-electron chi connectivity index (χ0n) is 12.1. The van der Waals surface area contributed by atoms with E-state index in [1.807, 2.05) is 0 Å². The first kappa shape index (κ1) is 15.0. The molecule has 0 saturated carbocycles. The molecule has 114 valence electrons. The number of nitrogens with two attached hydrogens (primary N) is 1. The Kier molecular flexibility index (Phi) is 3.96. The molecule has 0 radical (unpaired) electrons. The Balaban J connectivity index is 2.02. The summed E-state index contributed by atoms with van der Waals surface area (Å²) in [4.78, 5) is 16.2. The number of thiophene rings is 1. The number of hydrogen-bond donors (Lipinski definition) is 1. The number of nitrogen functional groups attached to an aromatic ring is 1. The lowest BCUT2D eigenvalue weighted by Gasteiger charge is -1.95. The molecule has 0 saturated heterocycles. The highest BCUT2D eigenvalue weighted by molar-refractivity contribution is 7.21. The number of esters is 1. The van der Waals surface area contributed by atoms with Gasteiger partial charge >= 0.3 is 5.97 Å². The number of anilines is 1. The zero-order valence-corrected chi connectivity index (χ0v) is 12.9. The molecule has 2 heterocycles. The normalized spacial score (nSPS) is 10.2. The molecule has 0 atom stereocenters. The number of methoxy groups -OCH3 is 1. The van der Waals surface area contributed by atoms with Crippen LogP contribution in [0.3, 0.4) is 0 Å². The van der Waals surface area contributed by atoms with Crippen LogP contribution >= 0.6 is 11.3 Å². The van der Waals surface area contributed by atoms with Gasteiger partial charge in [-0.05, 0) is 18.2 Å². The number of hydrogen-bond acceptors (Lipinski definition) is 5. The number of fused-ring (bicyclic) bond motifs is 1. The van der Waals surface area contributed by atoms with E-state index in [9.17, 15) is 9.18 Å². The van der Waals surface area contributed by atoms with E-state index in [1.165, 1.54) is 24.5 Å². The second-order valence-corrected chi connectivity index (χ2v) is 5.69. The molecular formula is C17H11FN2O2S. The van der Waals surface area contributed by atoms with Gasteiger partial charge in [0.15, 0.2) is 0 Å². The van der Waals surface area contributed by atoms with Crippen LogP contribution in [-0.2, 0) is 4.74 Å². The predicted octanol–water partition coefficient (Wildman–Crippen LogP) is 3.20.